The number of hydrogen-bond acceptors (Lipinski definition) is 3. The maximum atomic E-state index is 11.5. The van der Waals surface area contributed by atoms with Gasteiger partial charge in [0.05, 0.1) is 0 Å². The molecule has 0 heterocycles. The molecule has 102 valence electrons. The number of carbonyl (C=O) groups is 1. The van der Waals surface area contributed by atoms with E-state index in [1.54, 1.807) is 4.90 Å². The number of nitrogens with two attached hydrogens (primary N) is 1. The molecule has 2 aromatic rings. The standard InChI is InChI=1S/C15H14N2O2S/c16-14(20)13(15(18)19)17(11-7-3-1-4-8-11)12-9-5-2-6-10-12/h1-10,13H,(H2,16,20)(H,18,19). The zero-order valence-electron chi connectivity index (χ0n) is 10.6. The van der Waals surface area contributed by atoms with E-state index in [1.165, 1.54) is 0 Å². The van der Waals surface area contributed by atoms with Crippen LogP contribution in [0.5, 0.6) is 0 Å². The monoisotopic (exact) mass is 286 g/mol. The molecule has 0 amide bonds. The number of nitrogens with zero attached hydrogens (tertiary/aromatic N) is 1. The minimum absolute atomic E-state index is 0.0785. The number of thiocarbonyl (C=S) groups is 1. The van der Waals surface area contributed by atoms with E-state index in [0.29, 0.717) is 0 Å². The minimum Gasteiger partial charge on any atom is -0.479 e. The lowest BCUT2D eigenvalue weighted by Crippen LogP contribution is -2.47. The van der Waals surface area contributed by atoms with Gasteiger partial charge in [-0.15, -0.1) is 0 Å². The Morgan fingerprint density at radius 1 is 1.00 bits per heavy atom. The molecule has 20 heavy (non-hydrogen) atoms. The van der Waals surface area contributed by atoms with Crippen LogP contribution >= 0.6 is 12.2 Å². The molecule has 0 radical (unpaired) electrons. The van der Waals surface area contributed by atoms with Gasteiger partial charge in [0.25, 0.3) is 0 Å². The van der Waals surface area contributed by atoms with Crippen LogP contribution in [0.4, 0.5) is 11.4 Å². The zero-order valence-corrected chi connectivity index (χ0v) is 11.5. The number of benzene rings is 2. The second-order valence-electron chi connectivity index (χ2n) is 4.18. The van der Waals surface area contributed by atoms with E-state index in [9.17, 15) is 9.90 Å². The summed E-state index contributed by atoms with van der Waals surface area (Å²) in [5, 5.41) is 9.43. The predicted molar refractivity (Wildman–Crippen MR) is 83.2 cm³/mol. The van der Waals surface area contributed by atoms with Gasteiger partial charge in [-0.25, -0.2) is 4.79 Å². The van der Waals surface area contributed by atoms with Crippen molar-refractivity contribution in [3.05, 3.63) is 60.7 Å². The van der Waals surface area contributed by atoms with Crippen LogP contribution in [-0.2, 0) is 4.79 Å². The van der Waals surface area contributed by atoms with Gasteiger partial charge in [0.1, 0.15) is 4.99 Å². The zero-order chi connectivity index (χ0) is 14.5. The van der Waals surface area contributed by atoms with Crippen LogP contribution in [0.2, 0.25) is 0 Å². The Morgan fingerprint density at radius 3 is 1.70 bits per heavy atom. The Hall–Kier alpha value is -2.40. The van der Waals surface area contributed by atoms with Crippen molar-refractivity contribution in [3.63, 3.8) is 0 Å². The molecule has 5 heteroatoms. The third kappa shape index (κ3) is 2.95. The summed E-state index contributed by atoms with van der Waals surface area (Å²) in [6.07, 6.45) is 0. The van der Waals surface area contributed by atoms with Gasteiger partial charge in [0.2, 0.25) is 0 Å². The summed E-state index contributed by atoms with van der Waals surface area (Å²) < 4.78 is 0. The Morgan fingerprint density at radius 2 is 1.40 bits per heavy atom. The molecule has 3 N–H and O–H groups in total. The molecular formula is C15H14N2O2S. The van der Waals surface area contributed by atoms with Crippen LogP contribution in [0.3, 0.4) is 0 Å². The highest BCUT2D eigenvalue weighted by Gasteiger charge is 2.29. The van der Waals surface area contributed by atoms with Crippen LogP contribution in [0, 0.1) is 0 Å². The molecule has 0 bridgehead atoms. The highest BCUT2D eigenvalue weighted by Crippen LogP contribution is 2.27. The summed E-state index contributed by atoms with van der Waals surface area (Å²) in [5.74, 6) is -1.08. The first kappa shape index (κ1) is 14.0. The molecule has 0 aliphatic heterocycles. The van der Waals surface area contributed by atoms with Gasteiger partial charge in [-0.1, -0.05) is 48.6 Å². The molecule has 0 aliphatic carbocycles. The smallest absolute Gasteiger partial charge is 0.333 e. The SMILES string of the molecule is NC(=S)C(C(=O)O)N(c1ccccc1)c1ccccc1. The van der Waals surface area contributed by atoms with Gasteiger partial charge in [0, 0.05) is 11.4 Å². The third-order valence-electron chi connectivity index (χ3n) is 2.83. The molecule has 0 aliphatic rings. The molecule has 0 fully saturated rings. The molecule has 1 unspecified atom stereocenters. The van der Waals surface area contributed by atoms with Gasteiger partial charge in [-0.3, -0.25) is 0 Å². The van der Waals surface area contributed by atoms with Crippen LogP contribution in [0.15, 0.2) is 60.7 Å². The first-order chi connectivity index (χ1) is 9.61. The van der Waals surface area contributed by atoms with Gasteiger partial charge in [-0.2, -0.15) is 0 Å². The lowest BCUT2D eigenvalue weighted by atomic mass is 10.1. The first-order valence-corrected chi connectivity index (χ1v) is 6.43. The van der Waals surface area contributed by atoms with Crippen molar-refractivity contribution in [2.75, 3.05) is 4.90 Å². The summed E-state index contributed by atoms with van der Waals surface area (Å²) in [4.78, 5) is 13.1. The Labute approximate surface area is 122 Å². The molecule has 1 atom stereocenters. The Kier molecular flexibility index (Phi) is 4.32. The van der Waals surface area contributed by atoms with Crippen LogP contribution in [0.25, 0.3) is 0 Å². The van der Waals surface area contributed by atoms with E-state index < -0.39 is 12.0 Å². The number of para-hydroxylation sites is 2. The Balaban J connectivity index is 2.55. The van der Waals surface area contributed by atoms with E-state index in [4.69, 9.17) is 18.0 Å². The van der Waals surface area contributed by atoms with Crippen molar-refractivity contribution in [1.29, 1.82) is 0 Å². The van der Waals surface area contributed by atoms with Crippen molar-refractivity contribution in [3.8, 4) is 0 Å². The first-order valence-electron chi connectivity index (χ1n) is 6.02. The average molecular weight is 286 g/mol. The van der Waals surface area contributed by atoms with Gasteiger partial charge >= 0.3 is 5.97 Å². The summed E-state index contributed by atoms with van der Waals surface area (Å²) in [6, 6.07) is 17.3. The van der Waals surface area contributed by atoms with Gasteiger partial charge < -0.3 is 15.7 Å². The fraction of sp³-hybridized carbons (Fsp3) is 0.0667. The second kappa shape index (κ2) is 6.16. The molecule has 2 rings (SSSR count). The maximum Gasteiger partial charge on any atom is 0.333 e. The highest BCUT2D eigenvalue weighted by atomic mass is 32.1. The number of carboxylic acids is 1. The van der Waals surface area contributed by atoms with E-state index >= 15 is 0 Å². The van der Waals surface area contributed by atoms with Crippen LogP contribution in [-0.4, -0.2) is 22.1 Å². The molecular weight excluding hydrogens is 272 g/mol. The summed E-state index contributed by atoms with van der Waals surface area (Å²) in [5.41, 5.74) is 7.06. The molecule has 0 saturated heterocycles. The largest absolute Gasteiger partial charge is 0.479 e. The summed E-state index contributed by atoms with van der Waals surface area (Å²) >= 11 is 4.92. The number of hydrogen-bond donors (Lipinski definition) is 2. The predicted octanol–water partition coefficient (Wildman–Crippen LogP) is 2.56. The minimum atomic E-state index is -1.09. The van der Waals surface area contributed by atoms with Crippen molar-refractivity contribution in [2.24, 2.45) is 5.73 Å². The molecule has 0 saturated carbocycles. The van der Waals surface area contributed by atoms with E-state index in [0.717, 1.165) is 11.4 Å². The number of rotatable bonds is 5. The normalized spacial score (nSPS) is 11.6. The van der Waals surface area contributed by atoms with E-state index in [1.807, 2.05) is 60.7 Å². The second-order valence-corrected chi connectivity index (χ2v) is 4.66. The Bertz CT molecular complexity index is 548. The maximum absolute atomic E-state index is 11.5. The number of aliphatic carboxylic acids is 1. The molecule has 4 nitrogen and oxygen atoms in total. The molecule has 2 aromatic carbocycles. The summed E-state index contributed by atoms with van der Waals surface area (Å²) in [6.45, 7) is 0. The number of anilines is 2. The number of carboxylic acid groups (broad SMARTS) is 1. The van der Waals surface area contributed by atoms with Crippen LogP contribution < -0.4 is 10.6 Å². The molecule has 0 spiro atoms. The van der Waals surface area contributed by atoms with E-state index in [2.05, 4.69) is 0 Å². The van der Waals surface area contributed by atoms with Gasteiger partial charge in [0.15, 0.2) is 6.04 Å². The van der Waals surface area contributed by atoms with Crippen LogP contribution in [0.1, 0.15) is 0 Å². The van der Waals surface area contributed by atoms with E-state index in [-0.39, 0.29) is 4.99 Å². The van der Waals surface area contributed by atoms with Crippen molar-refractivity contribution >= 4 is 34.6 Å². The lowest BCUT2D eigenvalue weighted by molar-refractivity contribution is -0.136. The average Bonchev–Trinajstić information content (AvgIpc) is 2.45. The fourth-order valence-corrected chi connectivity index (χ4v) is 2.19. The fourth-order valence-electron chi connectivity index (χ4n) is 1.98. The quantitative estimate of drug-likeness (QED) is 0.827. The lowest BCUT2D eigenvalue weighted by Gasteiger charge is -2.30. The van der Waals surface area contributed by atoms with Crippen molar-refractivity contribution in [1.82, 2.24) is 0 Å². The topological polar surface area (TPSA) is 66.6 Å². The van der Waals surface area contributed by atoms with Crippen molar-refractivity contribution in [2.45, 2.75) is 6.04 Å². The third-order valence-corrected chi connectivity index (χ3v) is 3.05. The summed E-state index contributed by atoms with van der Waals surface area (Å²) in [7, 11) is 0. The van der Waals surface area contributed by atoms with Gasteiger partial charge in [-0.05, 0) is 24.3 Å². The van der Waals surface area contributed by atoms with Crippen molar-refractivity contribution < 1.29 is 9.90 Å². The highest BCUT2D eigenvalue weighted by molar-refractivity contribution is 7.80. The molecule has 0 aromatic heterocycles.